The molecule has 2 atom stereocenters. The number of carbonyl (C=O) groups is 1. The third-order valence-electron chi connectivity index (χ3n) is 3.54. The van der Waals surface area contributed by atoms with Crippen LogP contribution in [-0.2, 0) is 6.54 Å². The number of rotatable bonds is 4. The van der Waals surface area contributed by atoms with Crippen LogP contribution in [0.1, 0.15) is 29.3 Å². The highest BCUT2D eigenvalue weighted by atomic mass is 32.2. The predicted molar refractivity (Wildman–Crippen MR) is 75.2 cm³/mol. The van der Waals surface area contributed by atoms with E-state index in [1.165, 1.54) is 17.7 Å². The van der Waals surface area contributed by atoms with E-state index in [4.69, 9.17) is 5.11 Å². The lowest BCUT2D eigenvalue weighted by atomic mass is 10.1. The first-order valence-electron chi connectivity index (χ1n) is 6.22. The molecule has 1 aromatic carbocycles. The number of thioether (sulfide) groups is 1. The molecule has 3 nitrogen and oxygen atoms in total. The van der Waals surface area contributed by atoms with Crippen LogP contribution < -0.4 is 0 Å². The lowest BCUT2D eigenvalue weighted by molar-refractivity contribution is 0.0697. The van der Waals surface area contributed by atoms with E-state index in [2.05, 4.69) is 18.9 Å². The van der Waals surface area contributed by atoms with Crippen LogP contribution in [0.2, 0.25) is 0 Å². The summed E-state index contributed by atoms with van der Waals surface area (Å²) in [5, 5.41) is 9.54. The predicted octanol–water partition coefficient (Wildman–Crippen LogP) is 2.71. The van der Waals surface area contributed by atoms with Crippen molar-refractivity contribution in [2.24, 2.45) is 0 Å². The molecular formula is C14H19NO2S. The van der Waals surface area contributed by atoms with Crippen LogP contribution >= 0.6 is 11.8 Å². The van der Waals surface area contributed by atoms with Crippen molar-refractivity contribution in [1.29, 1.82) is 0 Å². The average Bonchev–Trinajstić information content (AvgIpc) is 2.76. The molecule has 1 aliphatic rings. The summed E-state index contributed by atoms with van der Waals surface area (Å²) in [6.07, 6.45) is 1.25. The van der Waals surface area contributed by atoms with Gasteiger partial charge >= 0.3 is 5.97 Å². The van der Waals surface area contributed by atoms with E-state index < -0.39 is 5.97 Å². The molecule has 1 aliphatic heterocycles. The highest BCUT2D eigenvalue weighted by molar-refractivity contribution is 8.00. The number of carboxylic acids is 1. The Bertz CT molecular complexity index is 418. The molecule has 1 saturated heterocycles. The molecule has 4 heteroatoms. The van der Waals surface area contributed by atoms with E-state index >= 15 is 0 Å². The second-order valence-corrected chi connectivity index (χ2v) is 6.33. The van der Waals surface area contributed by atoms with Gasteiger partial charge in [-0.1, -0.05) is 19.1 Å². The van der Waals surface area contributed by atoms with Gasteiger partial charge in [0.2, 0.25) is 0 Å². The van der Waals surface area contributed by atoms with Crippen molar-refractivity contribution < 1.29 is 9.90 Å². The Kier molecular flexibility index (Phi) is 4.30. The second kappa shape index (κ2) is 5.76. The molecule has 0 amide bonds. The summed E-state index contributed by atoms with van der Waals surface area (Å²) >= 11 is 2.03. The van der Waals surface area contributed by atoms with Crippen LogP contribution in [-0.4, -0.2) is 40.1 Å². The molecule has 0 radical (unpaired) electrons. The third-order valence-corrected chi connectivity index (χ3v) is 4.85. The summed E-state index contributed by atoms with van der Waals surface area (Å²) in [4.78, 5) is 13.1. The maximum atomic E-state index is 10.8. The molecule has 0 aromatic heterocycles. The molecular weight excluding hydrogens is 246 g/mol. The maximum Gasteiger partial charge on any atom is 0.335 e. The SMILES string of the molecule is CC1SCCC1N(C)Cc1ccc(C(=O)O)cc1. The highest BCUT2D eigenvalue weighted by Crippen LogP contribution is 2.30. The van der Waals surface area contributed by atoms with Gasteiger partial charge in [0, 0.05) is 17.8 Å². The Labute approximate surface area is 112 Å². The van der Waals surface area contributed by atoms with Gasteiger partial charge in [-0.25, -0.2) is 4.79 Å². The molecule has 18 heavy (non-hydrogen) atoms. The average molecular weight is 265 g/mol. The number of hydrogen-bond acceptors (Lipinski definition) is 3. The van der Waals surface area contributed by atoms with Crippen LogP contribution in [0.15, 0.2) is 24.3 Å². The van der Waals surface area contributed by atoms with Gasteiger partial charge < -0.3 is 5.11 Å². The topological polar surface area (TPSA) is 40.5 Å². The zero-order valence-electron chi connectivity index (χ0n) is 10.8. The Hall–Kier alpha value is -1.00. The van der Waals surface area contributed by atoms with Gasteiger partial charge in [0.15, 0.2) is 0 Å². The smallest absolute Gasteiger partial charge is 0.335 e. The minimum absolute atomic E-state index is 0.353. The molecule has 0 aliphatic carbocycles. The minimum atomic E-state index is -0.865. The number of benzene rings is 1. The Morgan fingerprint density at radius 1 is 1.44 bits per heavy atom. The zero-order chi connectivity index (χ0) is 13.1. The summed E-state index contributed by atoms with van der Waals surface area (Å²) in [6.45, 7) is 3.17. The van der Waals surface area contributed by atoms with Crippen molar-refractivity contribution in [2.75, 3.05) is 12.8 Å². The first-order chi connectivity index (χ1) is 8.58. The fourth-order valence-electron chi connectivity index (χ4n) is 2.46. The Morgan fingerprint density at radius 3 is 2.61 bits per heavy atom. The van der Waals surface area contributed by atoms with Gasteiger partial charge in [-0.3, -0.25) is 4.90 Å². The second-order valence-electron chi connectivity index (χ2n) is 4.85. The van der Waals surface area contributed by atoms with Crippen molar-refractivity contribution in [2.45, 2.75) is 31.2 Å². The van der Waals surface area contributed by atoms with Crippen LogP contribution in [0.25, 0.3) is 0 Å². The molecule has 0 spiro atoms. The quantitative estimate of drug-likeness (QED) is 0.908. The number of hydrogen-bond donors (Lipinski definition) is 1. The highest BCUT2D eigenvalue weighted by Gasteiger charge is 2.27. The van der Waals surface area contributed by atoms with Crippen LogP contribution in [0.4, 0.5) is 0 Å². The Balaban J connectivity index is 1.98. The van der Waals surface area contributed by atoms with E-state index in [1.54, 1.807) is 12.1 Å². The summed E-state index contributed by atoms with van der Waals surface area (Å²) < 4.78 is 0. The van der Waals surface area contributed by atoms with Gasteiger partial charge in [0.1, 0.15) is 0 Å². The molecule has 1 fully saturated rings. The fraction of sp³-hybridized carbons (Fsp3) is 0.500. The van der Waals surface area contributed by atoms with E-state index in [0.717, 1.165) is 6.54 Å². The molecule has 0 saturated carbocycles. The van der Waals surface area contributed by atoms with E-state index in [0.29, 0.717) is 16.9 Å². The summed E-state index contributed by atoms with van der Waals surface area (Å²) in [7, 11) is 2.15. The van der Waals surface area contributed by atoms with Crippen molar-refractivity contribution >= 4 is 17.7 Å². The minimum Gasteiger partial charge on any atom is -0.478 e. The zero-order valence-corrected chi connectivity index (χ0v) is 11.6. The molecule has 0 bridgehead atoms. The fourth-order valence-corrected chi connectivity index (χ4v) is 3.77. The lowest BCUT2D eigenvalue weighted by Crippen LogP contribution is -2.35. The monoisotopic (exact) mass is 265 g/mol. The molecule has 2 rings (SSSR count). The van der Waals surface area contributed by atoms with Gasteiger partial charge in [-0.15, -0.1) is 0 Å². The Morgan fingerprint density at radius 2 is 2.11 bits per heavy atom. The van der Waals surface area contributed by atoms with Crippen LogP contribution in [0, 0.1) is 0 Å². The molecule has 1 heterocycles. The van der Waals surface area contributed by atoms with Gasteiger partial charge in [0.05, 0.1) is 5.56 Å². The first-order valence-corrected chi connectivity index (χ1v) is 7.27. The molecule has 1 N–H and O–H groups in total. The normalized spacial score (nSPS) is 23.5. The largest absolute Gasteiger partial charge is 0.478 e. The van der Waals surface area contributed by atoms with Gasteiger partial charge in [-0.05, 0) is 36.9 Å². The van der Waals surface area contributed by atoms with E-state index in [1.807, 2.05) is 23.9 Å². The number of aromatic carboxylic acids is 1. The first kappa shape index (κ1) is 13.4. The van der Waals surface area contributed by atoms with E-state index in [-0.39, 0.29) is 0 Å². The molecule has 2 unspecified atom stereocenters. The van der Waals surface area contributed by atoms with Crippen molar-refractivity contribution in [3.05, 3.63) is 35.4 Å². The summed E-state index contributed by atoms with van der Waals surface area (Å²) in [6, 6.07) is 7.81. The van der Waals surface area contributed by atoms with Crippen molar-refractivity contribution in [1.82, 2.24) is 4.90 Å². The van der Waals surface area contributed by atoms with Crippen LogP contribution in [0.3, 0.4) is 0 Å². The standard InChI is InChI=1S/C14H19NO2S/c1-10-13(7-8-18-10)15(2)9-11-3-5-12(6-4-11)14(16)17/h3-6,10,13H,7-9H2,1-2H3,(H,16,17). The number of nitrogens with zero attached hydrogens (tertiary/aromatic N) is 1. The molecule has 98 valence electrons. The van der Waals surface area contributed by atoms with Crippen molar-refractivity contribution in [3.8, 4) is 0 Å². The van der Waals surface area contributed by atoms with Gasteiger partial charge in [-0.2, -0.15) is 11.8 Å². The molecule has 1 aromatic rings. The number of carboxylic acid groups (broad SMARTS) is 1. The van der Waals surface area contributed by atoms with Crippen LogP contribution in [0.5, 0.6) is 0 Å². The van der Waals surface area contributed by atoms with Crippen molar-refractivity contribution in [3.63, 3.8) is 0 Å². The summed E-state index contributed by atoms with van der Waals surface area (Å²) in [5.74, 6) is 0.379. The van der Waals surface area contributed by atoms with E-state index in [9.17, 15) is 4.79 Å². The lowest BCUT2D eigenvalue weighted by Gasteiger charge is -2.27. The van der Waals surface area contributed by atoms with Gasteiger partial charge in [0.25, 0.3) is 0 Å². The summed E-state index contributed by atoms with van der Waals surface area (Å²) in [5.41, 5.74) is 1.53. The third kappa shape index (κ3) is 3.06. The maximum absolute atomic E-state index is 10.8.